The third kappa shape index (κ3) is 5.90. The van der Waals surface area contributed by atoms with E-state index in [2.05, 4.69) is 0 Å². The highest BCUT2D eigenvalue weighted by Gasteiger charge is 2.47. The topological polar surface area (TPSA) is 214 Å². The first-order valence-electron chi connectivity index (χ1n) is 13.4. The van der Waals surface area contributed by atoms with Gasteiger partial charge >= 0.3 is 0 Å². The molecule has 0 saturated carbocycles. The Morgan fingerprint density at radius 2 is 1.50 bits per heavy atom. The monoisotopic (exact) mass is 594 g/mol. The lowest BCUT2D eigenvalue weighted by Crippen LogP contribution is -2.61. The molecule has 0 spiro atoms. The van der Waals surface area contributed by atoms with Crippen LogP contribution in [0.5, 0.6) is 23.0 Å². The van der Waals surface area contributed by atoms with Crippen molar-refractivity contribution in [1.82, 2.24) is 0 Å². The van der Waals surface area contributed by atoms with Crippen LogP contribution >= 0.6 is 0 Å². The van der Waals surface area contributed by atoms with E-state index in [0.717, 1.165) is 6.07 Å². The maximum atomic E-state index is 12.9. The second kappa shape index (κ2) is 12.3. The highest BCUT2D eigenvalue weighted by Crippen LogP contribution is 2.42. The SMILES string of the molecule is COc1ccc(C2CC(=O)c3c(O)cc(O[C@@H]4O[C@H](CO[C@@H]5O[C@H](C)[C@H](O)[C@H](O)[C@H]5O)[C@H](O)[C@@H](O)[C@@H]4O)cc3O2)cc1. The summed E-state index contributed by atoms with van der Waals surface area (Å²) in [7, 11) is 1.53. The van der Waals surface area contributed by atoms with Crippen molar-refractivity contribution in [3.8, 4) is 23.0 Å². The molecule has 2 fully saturated rings. The molecule has 1 unspecified atom stereocenters. The maximum absolute atomic E-state index is 12.9. The third-order valence-corrected chi connectivity index (χ3v) is 7.62. The minimum Gasteiger partial charge on any atom is -0.507 e. The molecule has 7 N–H and O–H groups in total. The van der Waals surface area contributed by atoms with Gasteiger partial charge in [-0.1, -0.05) is 12.1 Å². The van der Waals surface area contributed by atoms with Crippen LogP contribution in [-0.2, 0) is 14.2 Å². The number of rotatable bonds is 7. The Kier molecular flexibility index (Phi) is 8.89. The van der Waals surface area contributed by atoms with E-state index in [9.17, 15) is 40.5 Å². The van der Waals surface area contributed by atoms with Crippen molar-refractivity contribution >= 4 is 5.78 Å². The van der Waals surface area contributed by atoms with Crippen LogP contribution in [0, 0.1) is 0 Å². The fourth-order valence-electron chi connectivity index (χ4n) is 5.11. The molecular formula is C28H34O14. The zero-order chi connectivity index (χ0) is 30.3. The summed E-state index contributed by atoms with van der Waals surface area (Å²) in [6.45, 7) is 0.995. The Balaban J connectivity index is 1.29. The Morgan fingerprint density at radius 1 is 0.833 bits per heavy atom. The Labute approximate surface area is 240 Å². The fraction of sp³-hybridized carbons (Fsp3) is 0.536. The van der Waals surface area contributed by atoms with E-state index in [1.807, 2.05) is 0 Å². The van der Waals surface area contributed by atoms with Crippen molar-refractivity contribution in [2.24, 2.45) is 0 Å². The zero-order valence-electron chi connectivity index (χ0n) is 22.7. The second-order valence-electron chi connectivity index (χ2n) is 10.5. The molecule has 0 radical (unpaired) electrons. The summed E-state index contributed by atoms with van der Waals surface area (Å²) in [5, 5.41) is 72.1. The number of ketones is 1. The minimum atomic E-state index is -1.75. The van der Waals surface area contributed by atoms with Gasteiger partial charge in [0.25, 0.3) is 0 Å². The fourth-order valence-corrected chi connectivity index (χ4v) is 5.11. The van der Waals surface area contributed by atoms with Crippen molar-refractivity contribution in [1.29, 1.82) is 0 Å². The van der Waals surface area contributed by atoms with Gasteiger partial charge in [0.15, 0.2) is 12.1 Å². The normalized spacial score (nSPS) is 36.6. The summed E-state index contributed by atoms with van der Waals surface area (Å²) < 4.78 is 33.4. The molecule has 42 heavy (non-hydrogen) atoms. The van der Waals surface area contributed by atoms with Gasteiger partial charge in [-0.15, -0.1) is 0 Å². The highest BCUT2D eigenvalue weighted by atomic mass is 16.7. The summed E-state index contributed by atoms with van der Waals surface area (Å²) in [6, 6.07) is 9.43. The maximum Gasteiger partial charge on any atom is 0.229 e. The molecule has 3 aliphatic rings. The lowest BCUT2D eigenvalue weighted by molar-refractivity contribution is -0.318. The van der Waals surface area contributed by atoms with Gasteiger partial charge in [-0.3, -0.25) is 4.79 Å². The van der Waals surface area contributed by atoms with Gasteiger partial charge in [0.2, 0.25) is 6.29 Å². The smallest absolute Gasteiger partial charge is 0.229 e. The number of hydrogen-bond donors (Lipinski definition) is 7. The van der Waals surface area contributed by atoms with Crippen molar-refractivity contribution in [2.45, 2.75) is 80.9 Å². The summed E-state index contributed by atoms with van der Waals surface area (Å²) in [5.41, 5.74) is 0.668. The van der Waals surface area contributed by atoms with Gasteiger partial charge in [-0.05, 0) is 24.6 Å². The van der Waals surface area contributed by atoms with E-state index in [1.54, 1.807) is 24.3 Å². The number of phenols is 1. The molecule has 0 aliphatic carbocycles. The summed E-state index contributed by atoms with van der Waals surface area (Å²) >= 11 is 0. The average molecular weight is 595 g/mol. The number of hydrogen-bond acceptors (Lipinski definition) is 14. The number of benzene rings is 2. The largest absolute Gasteiger partial charge is 0.507 e. The molecular weight excluding hydrogens is 560 g/mol. The molecule has 0 bridgehead atoms. The van der Waals surface area contributed by atoms with Crippen LogP contribution < -0.4 is 14.2 Å². The molecule has 3 aliphatic heterocycles. The van der Waals surface area contributed by atoms with Crippen LogP contribution in [0.3, 0.4) is 0 Å². The molecule has 0 amide bonds. The molecule has 2 aromatic carbocycles. The quantitative estimate of drug-likeness (QED) is 0.208. The van der Waals surface area contributed by atoms with Crippen molar-refractivity contribution < 1.29 is 69.0 Å². The van der Waals surface area contributed by atoms with Gasteiger partial charge < -0.3 is 64.2 Å². The third-order valence-electron chi connectivity index (χ3n) is 7.62. The van der Waals surface area contributed by atoms with Crippen LogP contribution in [0.2, 0.25) is 0 Å². The van der Waals surface area contributed by atoms with Gasteiger partial charge in [-0.2, -0.15) is 0 Å². The number of Topliss-reactive ketones (excluding diaryl/α,β-unsaturated/α-hetero) is 1. The van der Waals surface area contributed by atoms with Crippen LogP contribution in [0.15, 0.2) is 36.4 Å². The Bertz CT molecular complexity index is 1250. The first kappa shape index (κ1) is 30.4. The van der Waals surface area contributed by atoms with E-state index < -0.39 is 79.9 Å². The highest BCUT2D eigenvalue weighted by molar-refractivity contribution is 6.02. The number of aliphatic hydroxyl groups is 6. The van der Waals surface area contributed by atoms with Crippen LogP contribution in [0.25, 0.3) is 0 Å². The molecule has 14 nitrogen and oxygen atoms in total. The number of fused-ring (bicyclic) bond motifs is 1. The predicted molar refractivity (Wildman–Crippen MR) is 139 cm³/mol. The predicted octanol–water partition coefficient (Wildman–Crippen LogP) is -0.862. The van der Waals surface area contributed by atoms with Gasteiger partial charge in [0, 0.05) is 12.1 Å². The number of phenolic OH excluding ortho intramolecular Hbond substituents is 1. The Morgan fingerprint density at radius 3 is 2.19 bits per heavy atom. The molecule has 230 valence electrons. The molecule has 11 atom stereocenters. The van der Waals surface area contributed by atoms with E-state index >= 15 is 0 Å². The van der Waals surface area contributed by atoms with Crippen molar-refractivity contribution in [3.63, 3.8) is 0 Å². The second-order valence-corrected chi connectivity index (χ2v) is 10.5. The molecule has 2 saturated heterocycles. The molecule has 0 aromatic heterocycles. The van der Waals surface area contributed by atoms with E-state index in [1.165, 1.54) is 20.1 Å². The van der Waals surface area contributed by atoms with Crippen LogP contribution in [0.4, 0.5) is 0 Å². The lowest BCUT2D eigenvalue weighted by Gasteiger charge is -2.42. The van der Waals surface area contributed by atoms with E-state index in [0.29, 0.717) is 11.3 Å². The summed E-state index contributed by atoms with van der Waals surface area (Å²) in [4.78, 5) is 12.9. The molecule has 14 heteroatoms. The van der Waals surface area contributed by atoms with E-state index in [4.69, 9.17) is 28.4 Å². The first-order chi connectivity index (χ1) is 20.0. The zero-order valence-corrected chi connectivity index (χ0v) is 22.7. The average Bonchev–Trinajstić information content (AvgIpc) is 2.97. The molecule has 2 aromatic rings. The van der Waals surface area contributed by atoms with Gasteiger partial charge in [0.05, 0.1) is 26.2 Å². The number of methoxy groups -OCH3 is 1. The van der Waals surface area contributed by atoms with Crippen LogP contribution in [0.1, 0.15) is 35.4 Å². The molecule has 3 heterocycles. The standard InChI is InChI=1S/C28H34O14/c1-11-21(31)23(33)25(35)27(39-11)38-10-19-22(32)24(34)26(36)28(42-19)40-14-7-15(29)20-16(30)9-17(41-18(20)8-14)12-3-5-13(37-2)6-4-12/h3-8,11,17,19,21-29,31-36H,9-10H2,1-2H3/t11-,17?,19-,21+,22+,23+,24-,25-,26+,27-,28-/m1/s1. The number of carbonyl (C=O) groups is 1. The minimum absolute atomic E-state index is 0.0164. The van der Waals surface area contributed by atoms with Crippen LogP contribution in [-0.4, -0.2) is 117 Å². The van der Waals surface area contributed by atoms with Gasteiger partial charge in [-0.25, -0.2) is 0 Å². The summed E-state index contributed by atoms with van der Waals surface area (Å²) in [6.07, 6.45) is -15.4. The van der Waals surface area contributed by atoms with Crippen molar-refractivity contribution in [2.75, 3.05) is 13.7 Å². The number of ether oxygens (including phenoxy) is 6. The van der Waals surface area contributed by atoms with E-state index in [-0.39, 0.29) is 29.3 Å². The van der Waals surface area contributed by atoms with Crippen molar-refractivity contribution in [3.05, 3.63) is 47.5 Å². The number of aromatic hydroxyl groups is 1. The van der Waals surface area contributed by atoms with Gasteiger partial charge in [0.1, 0.15) is 77.4 Å². The molecule has 5 rings (SSSR count). The first-order valence-corrected chi connectivity index (χ1v) is 13.4. The number of carbonyl (C=O) groups excluding carboxylic acids is 1. The lowest BCUT2D eigenvalue weighted by atomic mass is 9.95. The summed E-state index contributed by atoms with van der Waals surface area (Å²) in [5.74, 6) is -0.190. The number of aliphatic hydroxyl groups excluding tert-OH is 6. The Hall–Kier alpha value is -3.05.